The van der Waals surface area contributed by atoms with Crippen LogP contribution in [0.5, 0.6) is 0 Å². The lowest BCUT2D eigenvalue weighted by Gasteiger charge is -2.25. The molecule has 1 aromatic rings. The Balaban J connectivity index is 2.43. The molecule has 1 aliphatic rings. The van der Waals surface area contributed by atoms with Crippen molar-refractivity contribution in [3.05, 3.63) is 34.4 Å². The zero-order chi connectivity index (χ0) is 13.5. The third-order valence-corrected chi connectivity index (χ3v) is 4.28. The summed E-state index contributed by atoms with van der Waals surface area (Å²) < 4.78 is 0. The summed E-state index contributed by atoms with van der Waals surface area (Å²) in [6.07, 6.45) is 2.73. The van der Waals surface area contributed by atoms with E-state index in [1.54, 1.807) is 0 Å². The Morgan fingerprint density at radius 3 is 2.00 bits per heavy atom. The van der Waals surface area contributed by atoms with Crippen LogP contribution >= 0.6 is 0 Å². The first-order valence-corrected chi connectivity index (χ1v) is 7.16. The Kier molecular flexibility index (Phi) is 3.55. The Labute approximate surface area is 112 Å². The molecule has 1 aromatic carbocycles. The smallest absolute Gasteiger partial charge is 0.000529 e. The van der Waals surface area contributed by atoms with Crippen molar-refractivity contribution in [1.29, 1.82) is 0 Å². The highest BCUT2D eigenvalue weighted by Gasteiger charge is 2.33. The lowest BCUT2D eigenvalue weighted by Crippen LogP contribution is -2.18. The van der Waals surface area contributed by atoms with Crippen molar-refractivity contribution < 1.29 is 0 Å². The monoisotopic (exact) mass is 245 g/mol. The summed E-state index contributed by atoms with van der Waals surface area (Å²) in [6, 6.07) is 4.74. The van der Waals surface area contributed by atoms with Crippen LogP contribution < -0.4 is 5.73 Å². The predicted octanol–water partition coefficient (Wildman–Crippen LogP) is 4.05. The van der Waals surface area contributed by atoms with Gasteiger partial charge in [-0.1, -0.05) is 32.9 Å². The minimum atomic E-state index is 0.228. The van der Waals surface area contributed by atoms with Crippen LogP contribution in [0.25, 0.3) is 0 Å². The number of hydrogen-bond donors (Lipinski definition) is 1. The van der Waals surface area contributed by atoms with Gasteiger partial charge >= 0.3 is 0 Å². The van der Waals surface area contributed by atoms with Crippen LogP contribution in [0.2, 0.25) is 0 Å². The van der Waals surface area contributed by atoms with E-state index in [4.69, 9.17) is 5.73 Å². The lowest BCUT2D eigenvalue weighted by molar-refractivity contribution is 0.582. The molecule has 0 aromatic heterocycles. The zero-order valence-electron chi connectivity index (χ0n) is 12.5. The highest BCUT2D eigenvalue weighted by molar-refractivity contribution is 5.43. The van der Waals surface area contributed by atoms with E-state index in [0.29, 0.717) is 5.92 Å². The zero-order valence-corrected chi connectivity index (χ0v) is 12.5. The van der Waals surface area contributed by atoms with E-state index in [0.717, 1.165) is 12.5 Å². The molecule has 1 atom stereocenters. The van der Waals surface area contributed by atoms with Crippen LogP contribution in [0, 0.1) is 19.8 Å². The van der Waals surface area contributed by atoms with Crippen LogP contribution in [0.4, 0.5) is 0 Å². The van der Waals surface area contributed by atoms with Gasteiger partial charge in [0.2, 0.25) is 0 Å². The summed E-state index contributed by atoms with van der Waals surface area (Å²) in [4.78, 5) is 0. The Morgan fingerprint density at radius 2 is 1.67 bits per heavy atom. The molecule has 0 bridgehead atoms. The fourth-order valence-corrected chi connectivity index (χ4v) is 3.04. The van der Waals surface area contributed by atoms with Gasteiger partial charge in [-0.2, -0.15) is 0 Å². The first kappa shape index (κ1) is 13.6. The van der Waals surface area contributed by atoms with Crippen LogP contribution in [-0.2, 0) is 5.41 Å². The molecule has 0 saturated heterocycles. The normalized spacial score (nSPS) is 17.9. The van der Waals surface area contributed by atoms with Crippen molar-refractivity contribution in [3.63, 3.8) is 0 Å². The average molecular weight is 245 g/mol. The van der Waals surface area contributed by atoms with Crippen LogP contribution in [0.15, 0.2) is 12.1 Å². The molecule has 2 N–H and O–H groups in total. The summed E-state index contributed by atoms with van der Waals surface area (Å²) in [7, 11) is 0. The van der Waals surface area contributed by atoms with Crippen molar-refractivity contribution >= 4 is 0 Å². The highest BCUT2D eigenvalue weighted by Crippen LogP contribution is 2.44. The Hall–Kier alpha value is -0.820. The molecule has 1 heteroatoms. The topological polar surface area (TPSA) is 26.0 Å². The minimum absolute atomic E-state index is 0.228. The van der Waals surface area contributed by atoms with Gasteiger partial charge in [0.25, 0.3) is 0 Å². The van der Waals surface area contributed by atoms with Gasteiger partial charge in [-0.25, -0.2) is 0 Å². The van der Waals surface area contributed by atoms with E-state index in [1.807, 2.05) is 0 Å². The number of hydrogen-bond acceptors (Lipinski definition) is 1. The summed E-state index contributed by atoms with van der Waals surface area (Å²) in [6.45, 7) is 12.1. The molecule has 2 rings (SSSR count). The van der Waals surface area contributed by atoms with E-state index >= 15 is 0 Å². The predicted molar refractivity (Wildman–Crippen MR) is 79.1 cm³/mol. The fraction of sp³-hybridized carbons (Fsp3) is 0.647. The first-order valence-electron chi connectivity index (χ1n) is 7.16. The van der Waals surface area contributed by atoms with Crippen LogP contribution in [0.1, 0.15) is 61.8 Å². The third kappa shape index (κ3) is 2.61. The van der Waals surface area contributed by atoms with E-state index in [9.17, 15) is 0 Å². The minimum Gasteiger partial charge on any atom is -0.330 e. The fourth-order valence-electron chi connectivity index (χ4n) is 3.04. The summed E-state index contributed by atoms with van der Waals surface area (Å²) in [5.41, 5.74) is 12.1. The second kappa shape index (κ2) is 4.70. The Bertz CT molecular complexity index is 412. The van der Waals surface area contributed by atoms with Gasteiger partial charge < -0.3 is 5.73 Å². The summed E-state index contributed by atoms with van der Waals surface area (Å²) >= 11 is 0. The third-order valence-electron chi connectivity index (χ3n) is 4.28. The molecule has 1 fully saturated rings. The quantitative estimate of drug-likeness (QED) is 0.854. The van der Waals surface area contributed by atoms with Gasteiger partial charge in [-0.15, -0.1) is 0 Å². The summed E-state index contributed by atoms with van der Waals surface area (Å²) in [5.74, 6) is 1.42. The van der Waals surface area contributed by atoms with E-state index in [-0.39, 0.29) is 5.41 Å². The van der Waals surface area contributed by atoms with Crippen molar-refractivity contribution in [2.24, 2.45) is 11.7 Å². The van der Waals surface area contributed by atoms with Gasteiger partial charge in [0.05, 0.1) is 0 Å². The van der Waals surface area contributed by atoms with Gasteiger partial charge in [0, 0.05) is 0 Å². The van der Waals surface area contributed by atoms with Crippen molar-refractivity contribution in [1.82, 2.24) is 0 Å². The van der Waals surface area contributed by atoms with Gasteiger partial charge in [0.1, 0.15) is 0 Å². The van der Waals surface area contributed by atoms with Crippen molar-refractivity contribution in [3.8, 4) is 0 Å². The van der Waals surface area contributed by atoms with Gasteiger partial charge in [-0.3, -0.25) is 0 Å². The average Bonchev–Trinajstić information content (AvgIpc) is 3.05. The standard InChI is InChI=1S/C17H27N/c1-11-8-14(17(3,4)5)9-12(2)16(11)15(10-18)13-6-7-13/h8-9,13,15H,6-7,10,18H2,1-5H3. The molecule has 1 nitrogen and oxygen atoms in total. The maximum Gasteiger partial charge on any atom is -0.000529 e. The number of rotatable bonds is 3. The second-order valence-electron chi connectivity index (χ2n) is 6.95. The number of benzene rings is 1. The molecule has 1 aliphatic carbocycles. The maximum atomic E-state index is 6.01. The molecule has 1 unspecified atom stereocenters. The molecular formula is C17H27N. The van der Waals surface area contributed by atoms with Gasteiger partial charge in [-0.05, 0) is 72.7 Å². The first-order chi connectivity index (χ1) is 8.34. The van der Waals surface area contributed by atoms with E-state index < -0.39 is 0 Å². The van der Waals surface area contributed by atoms with E-state index in [2.05, 4.69) is 46.8 Å². The SMILES string of the molecule is Cc1cc(C(C)(C)C)cc(C)c1C(CN)C1CC1. The van der Waals surface area contributed by atoms with Crippen LogP contribution in [0.3, 0.4) is 0 Å². The van der Waals surface area contributed by atoms with Crippen molar-refractivity contribution in [2.45, 2.75) is 58.8 Å². The molecule has 0 radical (unpaired) electrons. The molecule has 100 valence electrons. The molecular weight excluding hydrogens is 218 g/mol. The molecule has 1 saturated carbocycles. The summed E-state index contributed by atoms with van der Waals surface area (Å²) in [5, 5.41) is 0. The van der Waals surface area contributed by atoms with Gasteiger partial charge in [0.15, 0.2) is 0 Å². The lowest BCUT2D eigenvalue weighted by atomic mass is 9.80. The Morgan fingerprint density at radius 1 is 1.17 bits per heavy atom. The second-order valence-corrected chi connectivity index (χ2v) is 6.95. The number of nitrogens with two attached hydrogens (primary N) is 1. The molecule has 18 heavy (non-hydrogen) atoms. The molecule has 0 heterocycles. The van der Waals surface area contributed by atoms with Crippen molar-refractivity contribution in [2.75, 3.05) is 6.54 Å². The maximum absolute atomic E-state index is 6.01. The van der Waals surface area contributed by atoms with E-state index in [1.165, 1.54) is 35.1 Å². The molecule has 0 aliphatic heterocycles. The number of aryl methyl sites for hydroxylation is 2. The molecule has 0 amide bonds. The highest BCUT2D eigenvalue weighted by atomic mass is 14.6. The largest absolute Gasteiger partial charge is 0.330 e. The molecule has 0 spiro atoms. The van der Waals surface area contributed by atoms with Crippen LogP contribution in [-0.4, -0.2) is 6.54 Å².